The fraction of sp³-hybridized carbons (Fsp3) is 0.0556. The number of nitrogens with one attached hydrogen (secondary N) is 1. The van der Waals surface area contributed by atoms with E-state index in [0.29, 0.717) is 17.0 Å². The highest BCUT2D eigenvalue weighted by atomic mass is 16.5. The fourth-order valence-corrected chi connectivity index (χ4v) is 2.52. The molecule has 1 N–H and O–H groups in total. The maximum Gasteiger partial charge on any atom is 0.258 e. The minimum absolute atomic E-state index is 0.226. The molecule has 4 aromatic rings. The number of methoxy groups -OCH3 is 1. The number of fused-ring (bicyclic) bond motifs is 1. The van der Waals surface area contributed by atoms with Crippen molar-refractivity contribution in [2.75, 3.05) is 12.4 Å². The Morgan fingerprint density at radius 1 is 1.20 bits per heavy atom. The lowest BCUT2D eigenvalue weighted by atomic mass is 10.2. The number of anilines is 1. The fourth-order valence-electron chi connectivity index (χ4n) is 2.52. The quantitative estimate of drug-likeness (QED) is 0.619. The second-order valence-electron chi connectivity index (χ2n) is 5.31. The van der Waals surface area contributed by atoms with Gasteiger partial charge in [0.25, 0.3) is 5.91 Å². The van der Waals surface area contributed by atoms with E-state index in [0.717, 1.165) is 11.3 Å². The summed E-state index contributed by atoms with van der Waals surface area (Å²) in [5, 5.41) is 7.09. The molecule has 1 amide bonds. The van der Waals surface area contributed by atoms with Gasteiger partial charge in [0.1, 0.15) is 5.75 Å². The first kappa shape index (κ1) is 14.9. The van der Waals surface area contributed by atoms with E-state index in [-0.39, 0.29) is 11.9 Å². The van der Waals surface area contributed by atoms with Gasteiger partial charge in [0.15, 0.2) is 5.65 Å². The largest absolute Gasteiger partial charge is 0.497 e. The Balaban J connectivity index is 1.66. The highest BCUT2D eigenvalue weighted by Crippen LogP contribution is 2.21. The lowest BCUT2D eigenvalue weighted by Gasteiger charge is -2.03. The number of carbonyl (C=O) groups excluding carboxylic acids is 1. The van der Waals surface area contributed by atoms with Gasteiger partial charge >= 0.3 is 0 Å². The van der Waals surface area contributed by atoms with Crippen molar-refractivity contribution in [1.82, 2.24) is 14.6 Å². The van der Waals surface area contributed by atoms with Gasteiger partial charge in [0.05, 0.1) is 25.3 Å². The molecule has 0 saturated carbocycles. The number of ether oxygens (including phenoxy) is 1. The number of rotatable bonds is 4. The van der Waals surface area contributed by atoms with Crippen molar-refractivity contribution >= 4 is 17.5 Å². The van der Waals surface area contributed by atoms with E-state index in [4.69, 9.17) is 9.15 Å². The highest BCUT2D eigenvalue weighted by Gasteiger charge is 2.13. The summed E-state index contributed by atoms with van der Waals surface area (Å²) < 4.78 is 11.9. The molecule has 4 rings (SSSR count). The van der Waals surface area contributed by atoms with E-state index < -0.39 is 0 Å². The Hall–Kier alpha value is -3.61. The van der Waals surface area contributed by atoms with E-state index in [1.54, 1.807) is 48.4 Å². The third-order valence-corrected chi connectivity index (χ3v) is 3.73. The summed E-state index contributed by atoms with van der Waals surface area (Å²) in [6.45, 7) is 0. The number of benzene rings is 1. The first-order valence-corrected chi connectivity index (χ1v) is 7.58. The Morgan fingerprint density at radius 2 is 2.08 bits per heavy atom. The van der Waals surface area contributed by atoms with Crippen molar-refractivity contribution in [3.63, 3.8) is 0 Å². The van der Waals surface area contributed by atoms with E-state index >= 15 is 0 Å². The van der Waals surface area contributed by atoms with Crippen LogP contribution in [0, 0.1) is 0 Å². The van der Waals surface area contributed by atoms with Crippen LogP contribution in [0.1, 0.15) is 10.4 Å². The number of aromatic nitrogens is 3. The molecule has 0 unspecified atom stereocenters. The number of furan rings is 1. The lowest BCUT2D eigenvalue weighted by Crippen LogP contribution is -2.13. The maximum absolute atomic E-state index is 12.4. The molecule has 25 heavy (non-hydrogen) atoms. The predicted molar refractivity (Wildman–Crippen MR) is 91.6 cm³/mol. The molecule has 0 bridgehead atoms. The maximum atomic E-state index is 12.4. The monoisotopic (exact) mass is 334 g/mol. The van der Waals surface area contributed by atoms with Crippen molar-refractivity contribution in [3.8, 4) is 17.0 Å². The van der Waals surface area contributed by atoms with Crippen molar-refractivity contribution in [1.29, 1.82) is 0 Å². The molecule has 1 aromatic carbocycles. The number of hydrogen-bond donors (Lipinski definition) is 1. The molecular weight excluding hydrogens is 320 g/mol. The summed E-state index contributed by atoms with van der Waals surface area (Å²) in [5.41, 5.74) is 2.79. The molecule has 124 valence electrons. The van der Waals surface area contributed by atoms with Gasteiger partial charge in [-0.15, -0.1) is 5.10 Å². The first-order valence-electron chi connectivity index (χ1n) is 7.58. The van der Waals surface area contributed by atoms with Crippen LogP contribution < -0.4 is 10.1 Å². The molecule has 0 aliphatic carbocycles. The van der Waals surface area contributed by atoms with E-state index in [9.17, 15) is 4.79 Å². The molecule has 0 aliphatic rings. The highest BCUT2D eigenvalue weighted by molar-refractivity contribution is 6.03. The average Bonchev–Trinajstić information content (AvgIpc) is 3.30. The number of pyridine rings is 1. The summed E-state index contributed by atoms with van der Waals surface area (Å²) >= 11 is 0. The Labute approximate surface area is 142 Å². The Kier molecular flexibility index (Phi) is 3.66. The standard InChI is InChI=1S/C18H14N4O3/c1-24-14-5-2-4-12(10-14)17(23)20-18-19-16-7-3-6-15(22(16)21-18)13-8-9-25-11-13/h2-11H,1H3,(H,20,21,23). The van der Waals surface area contributed by atoms with Crippen LogP contribution in [0.2, 0.25) is 0 Å². The normalized spacial score (nSPS) is 10.8. The zero-order valence-corrected chi connectivity index (χ0v) is 13.3. The van der Waals surface area contributed by atoms with Crippen LogP contribution in [-0.2, 0) is 0 Å². The van der Waals surface area contributed by atoms with Crippen molar-refractivity contribution in [2.45, 2.75) is 0 Å². The van der Waals surface area contributed by atoms with Gasteiger partial charge in [0, 0.05) is 11.1 Å². The SMILES string of the molecule is COc1cccc(C(=O)Nc2nc3cccc(-c4ccoc4)n3n2)c1. The molecule has 0 saturated heterocycles. The topological polar surface area (TPSA) is 81.7 Å². The van der Waals surface area contributed by atoms with Gasteiger partial charge in [-0.25, -0.2) is 4.52 Å². The van der Waals surface area contributed by atoms with E-state index in [1.807, 2.05) is 24.3 Å². The third-order valence-electron chi connectivity index (χ3n) is 3.73. The van der Waals surface area contributed by atoms with Gasteiger partial charge in [0.2, 0.25) is 5.95 Å². The summed E-state index contributed by atoms with van der Waals surface area (Å²) in [7, 11) is 1.55. The zero-order chi connectivity index (χ0) is 17.2. The van der Waals surface area contributed by atoms with Gasteiger partial charge < -0.3 is 9.15 Å². The summed E-state index contributed by atoms with van der Waals surface area (Å²) in [6, 6.07) is 14.3. The number of hydrogen-bond acceptors (Lipinski definition) is 5. The van der Waals surface area contributed by atoms with Gasteiger partial charge in [-0.05, 0) is 36.4 Å². The summed E-state index contributed by atoms with van der Waals surface area (Å²) in [5.74, 6) is 0.529. The van der Waals surface area contributed by atoms with Crippen LogP contribution in [0.3, 0.4) is 0 Å². The molecule has 0 radical (unpaired) electrons. The second kappa shape index (κ2) is 6.12. The summed E-state index contributed by atoms with van der Waals surface area (Å²) in [4.78, 5) is 16.8. The second-order valence-corrected chi connectivity index (χ2v) is 5.31. The number of nitrogens with zero attached hydrogens (tertiary/aromatic N) is 3. The minimum atomic E-state index is -0.306. The smallest absolute Gasteiger partial charge is 0.258 e. The van der Waals surface area contributed by atoms with Crippen LogP contribution in [0.15, 0.2) is 65.5 Å². The van der Waals surface area contributed by atoms with E-state index in [1.165, 1.54) is 0 Å². The van der Waals surface area contributed by atoms with Crippen LogP contribution in [0.25, 0.3) is 16.9 Å². The molecule has 7 heteroatoms. The molecule has 0 spiro atoms. The van der Waals surface area contributed by atoms with Crippen molar-refractivity contribution in [2.24, 2.45) is 0 Å². The summed E-state index contributed by atoms with van der Waals surface area (Å²) in [6.07, 6.45) is 3.22. The number of amides is 1. The minimum Gasteiger partial charge on any atom is -0.497 e. The molecule has 3 aromatic heterocycles. The molecule has 7 nitrogen and oxygen atoms in total. The zero-order valence-electron chi connectivity index (χ0n) is 13.3. The predicted octanol–water partition coefficient (Wildman–Crippen LogP) is 3.25. The first-order chi connectivity index (χ1) is 12.2. The molecule has 0 atom stereocenters. The van der Waals surface area contributed by atoms with Crippen molar-refractivity contribution in [3.05, 3.63) is 66.6 Å². The molecule has 0 fully saturated rings. The van der Waals surface area contributed by atoms with Crippen LogP contribution >= 0.6 is 0 Å². The lowest BCUT2D eigenvalue weighted by molar-refractivity contribution is 0.102. The van der Waals surface area contributed by atoms with Crippen molar-refractivity contribution < 1.29 is 13.9 Å². The van der Waals surface area contributed by atoms with Gasteiger partial charge in [-0.2, -0.15) is 4.98 Å². The number of carbonyl (C=O) groups is 1. The Bertz CT molecular complexity index is 1040. The Morgan fingerprint density at radius 3 is 2.88 bits per heavy atom. The molecular formula is C18H14N4O3. The van der Waals surface area contributed by atoms with E-state index in [2.05, 4.69) is 15.4 Å². The third kappa shape index (κ3) is 2.83. The average molecular weight is 334 g/mol. The van der Waals surface area contributed by atoms with Gasteiger partial charge in [-0.1, -0.05) is 12.1 Å². The molecule has 3 heterocycles. The van der Waals surface area contributed by atoms with Gasteiger partial charge in [-0.3, -0.25) is 10.1 Å². The molecule has 0 aliphatic heterocycles. The van der Waals surface area contributed by atoms with Crippen LogP contribution in [0.4, 0.5) is 5.95 Å². The van der Waals surface area contributed by atoms with Crippen LogP contribution in [0.5, 0.6) is 5.75 Å². The van der Waals surface area contributed by atoms with Crippen LogP contribution in [-0.4, -0.2) is 27.6 Å².